The summed E-state index contributed by atoms with van der Waals surface area (Å²) >= 11 is 0. The summed E-state index contributed by atoms with van der Waals surface area (Å²) in [6.07, 6.45) is -36.3. The molecule has 25 nitrogen and oxygen atoms in total. The van der Waals surface area contributed by atoms with Crippen molar-refractivity contribution in [2.24, 2.45) is 5.11 Å². The molecular formula is C28H49N3O22. The molecule has 308 valence electrons. The van der Waals surface area contributed by atoms with Gasteiger partial charge in [-0.05, 0) is 5.53 Å². The van der Waals surface area contributed by atoms with E-state index < -0.39 is 149 Å². The average Bonchev–Trinajstić information content (AvgIpc) is 3.15. The minimum absolute atomic E-state index is 0.0421. The van der Waals surface area contributed by atoms with Gasteiger partial charge in [0.05, 0.1) is 46.2 Å². The highest BCUT2D eigenvalue weighted by Crippen LogP contribution is 2.35. The van der Waals surface area contributed by atoms with Crippen LogP contribution in [0.15, 0.2) is 5.11 Å². The third kappa shape index (κ3) is 10.2. The van der Waals surface area contributed by atoms with Gasteiger partial charge in [-0.25, -0.2) is 0 Å². The number of nitrogens with zero attached hydrogens (tertiary/aromatic N) is 3. The standard InChI is InChI=1S/C28H49N3O22/c29-31-30-1-2-45-3-4-46-25-21(44)22(16(39)12(8-35)47-25)51-27-24(19(42)15(38)10(6-33)49-27)53-28-23(18(41)14(37)11(7-34)50-28)52-26-20(43)17(40)13(36)9(5-32)48-26/h9-28,32-44H,1-8H2/t9-,10-,11-,12-,13-,14-,15-,16-,17+,18+,19+,20+,21+,22+,23+,24+,25+,26-,27-,28-/m1/s1. The zero-order valence-electron chi connectivity index (χ0n) is 28.0. The van der Waals surface area contributed by atoms with Gasteiger partial charge in [-0.15, -0.1) is 0 Å². The van der Waals surface area contributed by atoms with Crippen LogP contribution in [0, 0.1) is 0 Å². The lowest BCUT2D eigenvalue weighted by Crippen LogP contribution is -2.68. The predicted octanol–water partition coefficient (Wildman–Crippen LogP) is -8.40. The fourth-order valence-corrected chi connectivity index (χ4v) is 6.09. The minimum Gasteiger partial charge on any atom is -0.394 e. The predicted molar refractivity (Wildman–Crippen MR) is 162 cm³/mol. The number of aliphatic hydroxyl groups excluding tert-OH is 13. The van der Waals surface area contributed by atoms with Crippen molar-refractivity contribution in [2.75, 3.05) is 52.8 Å². The molecule has 4 saturated heterocycles. The Morgan fingerprint density at radius 1 is 0.453 bits per heavy atom. The second kappa shape index (κ2) is 20.6. The van der Waals surface area contributed by atoms with Crippen molar-refractivity contribution in [1.29, 1.82) is 0 Å². The van der Waals surface area contributed by atoms with Gasteiger partial charge in [-0.1, -0.05) is 5.11 Å². The molecule has 25 heteroatoms. The van der Waals surface area contributed by atoms with Crippen LogP contribution < -0.4 is 0 Å². The zero-order chi connectivity index (χ0) is 39.0. The van der Waals surface area contributed by atoms with Crippen LogP contribution >= 0.6 is 0 Å². The van der Waals surface area contributed by atoms with Crippen LogP contribution in [0.25, 0.3) is 10.4 Å². The Morgan fingerprint density at radius 3 is 1.40 bits per heavy atom. The van der Waals surface area contributed by atoms with Crippen molar-refractivity contribution in [3.63, 3.8) is 0 Å². The molecule has 0 saturated carbocycles. The molecule has 0 radical (unpaired) electrons. The monoisotopic (exact) mass is 779 g/mol. The summed E-state index contributed by atoms with van der Waals surface area (Å²) in [5.41, 5.74) is 8.34. The summed E-state index contributed by atoms with van der Waals surface area (Å²) in [6, 6.07) is 0. The molecule has 0 spiro atoms. The third-order valence-corrected chi connectivity index (χ3v) is 9.10. The molecule has 0 aliphatic carbocycles. The molecule has 0 aromatic rings. The van der Waals surface area contributed by atoms with E-state index in [9.17, 15) is 66.4 Å². The van der Waals surface area contributed by atoms with Gasteiger partial charge in [0.2, 0.25) is 0 Å². The van der Waals surface area contributed by atoms with Crippen molar-refractivity contribution in [1.82, 2.24) is 0 Å². The lowest BCUT2D eigenvalue weighted by Gasteiger charge is -2.49. The van der Waals surface area contributed by atoms with Crippen LogP contribution in [0.1, 0.15) is 0 Å². The maximum Gasteiger partial charge on any atom is 0.187 e. The maximum absolute atomic E-state index is 11.2. The van der Waals surface area contributed by atoms with Crippen LogP contribution in [0.5, 0.6) is 0 Å². The van der Waals surface area contributed by atoms with E-state index in [1.54, 1.807) is 0 Å². The fourth-order valence-electron chi connectivity index (χ4n) is 6.09. The topological polar surface area (TPSA) is 395 Å². The lowest BCUT2D eigenvalue weighted by atomic mass is 9.95. The number of hydrogen-bond acceptors (Lipinski definition) is 23. The van der Waals surface area contributed by atoms with Crippen molar-refractivity contribution < 1.29 is 109 Å². The molecule has 13 N–H and O–H groups in total. The maximum atomic E-state index is 11.2. The van der Waals surface area contributed by atoms with E-state index in [0.29, 0.717) is 0 Å². The molecule has 4 fully saturated rings. The normalized spacial score (nSPS) is 46.5. The van der Waals surface area contributed by atoms with Gasteiger partial charge in [0.1, 0.15) is 97.7 Å². The van der Waals surface area contributed by atoms with Gasteiger partial charge in [-0.2, -0.15) is 0 Å². The smallest absolute Gasteiger partial charge is 0.187 e. The van der Waals surface area contributed by atoms with Crippen molar-refractivity contribution >= 4 is 0 Å². The second-order valence-corrected chi connectivity index (χ2v) is 12.6. The Hall–Kier alpha value is -1.57. The Labute approximate surface area is 300 Å². The first kappa shape index (κ1) is 44.1. The highest BCUT2D eigenvalue weighted by molar-refractivity contribution is 4.98. The molecule has 4 heterocycles. The Kier molecular flexibility index (Phi) is 17.1. The molecule has 4 aliphatic heterocycles. The minimum atomic E-state index is -2.05. The molecule has 4 aliphatic rings. The Bertz CT molecular complexity index is 1140. The van der Waals surface area contributed by atoms with E-state index in [2.05, 4.69) is 10.0 Å². The van der Waals surface area contributed by atoms with Gasteiger partial charge in [-0.3, -0.25) is 0 Å². The van der Waals surface area contributed by atoms with Crippen molar-refractivity contribution in [3.05, 3.63) is 10.4 Å². The summed E-state index contributed by atoms with van der Waals surface area (Å²) in [6.45, 7) is -3.62. The largest absolute Gasteiger partial charge is 0.394 e. The summed E-state index contributed by atoms with van der Waals surface area (Å²) in [5.74, 6) is 0. The molecule has 0 aromatic heterocycles. The van der Waals surface area contributed by atoms with Gasteiger partial charge in [0.25, 0.3) is 0 Å². The first-order chi connectivity index (χ1) is 25.3. The van der Waals surface area contributed by atoms with E-state index in [-0.39, 0.29) is 26.4 Å². The molecular weight excluding hydrogens is 730 g/mol. The second-order valence-electron chi connectivity index (χ2n) is 12.6. The molecule has 0 unspecified atom stereocenters. The quantitative estimate of drug-likeness (QED) is 0.0282. The van der Waals surface area contributed by atoms with Crippen molar-refractivity contribution in [2.45, 2.75) is 123 Å². The summed E-state index contributed by atoms with van der Waals surface area (Å²) in [5, 5.41) is 139. The van der Waals surface area contributed by atoms with Crippen LogP contribution in [0.2, 0.25) is 0 Å². The Morgan fingerprint density at radius 2 is 0.887 bits per heavy atom. The average molecular weight is 780 g/mol. The number of hydrogen-bond donors (Lipinski definition) is 13. The first-order valence-electron chi connectivity index (χ1n) is 16.7. The van der Waals surface area contributed by atoms with E-state index in [1.807, 2.05) is 0 Å². The Balaban J connectivity index is 1.57. The number of aliphatic hydroxyl groups is 13. The molecule has 0 amide bonds. The number of azide groups is 1. The van der Waals surface area contributed by atoms with Crippen molar-refractivity contribution in [3.8, 4) is 0 Å². The van der Waals surface area contributed by atoms with E-state index in [1.165, 1.54) is 0 Å². The highest BCUT2D eigenvalue weighted by Gasteiger charge is 2.56. The van der Waals surface area contributed by atoms with E-state index >= 15 is 0 Å². The zero-order valence-corrected chi connectivity index (χ0v) is 28.0. The summed E-state index contributed by atoms with van der Waals surface area (Å²) < 4.78 is 50.1. The van der Waals surface area contributed by atoms with Crippen LogP contribution in [0.3, 0.4) is 0 Å². The molecule has 0 bridgehead atoms. The molecule has 4 rings (SSSR count). The fraction of sp³-hybridized carbons (Fsp3) is 1.00. The van der Waals surface area contributed by atoms with Gasteiger partial charge in [0, 0.05) is 11.5 Å². The lowest BCUT2D eigenvalue weighted by molar-refractivity contribution is -0.403. The van der Waals surface area contributed by atoms with Crippen LogP contribution in [-0.2, 0) is 42.6 Å². The van der Waals surface area contributed by atoms with Crippen LogP contribution in [-0.4, -0.2) is 242 Å². The highest BCUT2D eigenvalue weighted by atomic mass is 16.8. The number of ether oxygens (including phenoxy) is 9. The molecule has 20 atom stereocenters. The van der Waals surface area contributed by atoms with E-state index in [4.69, 9.17) is 48.2 Å². The third-order valence-electron chi connectivity index (χ3n) is 9.10. The van der Waals surface area contributed by atoms with Gasteiger partial charge in [0.15, 0.2) is 25.2 Å². The SMILES string of the molecule is [N-]=[N+]=NCCOCCO[C@H]1O[C@H](CO)[C@@H](O)[C@H](O[C@H]2O[C@H](CO)[C@@H](O)[C@H](O)[C@@H]2O[C@H]2O[C@H](CO)[C@@H](O)[C@H](O)[C@@H]2O[C@H]2O[C@H](CO)[C@@H](O)[C@H](O)[C@@H]2O)[C@@H]1O. The number of rotatable bonds is 17. The van der Waals surface area contributed by atoms with E-state index in [0.717, 1.165) is 0 Å². The first-order valence-corrected chi connectivity index (χ1v) is 16.7. The summed E-state index contributed by atoms with van der Waals surface area (Å²) in [7, 11) is 0. The summed E-state index contributed by atoms with van der Waals surface area (Å²) in [4.78, 5) is 2.58. The van der Waals surface area contributed by atoms with Crippen LogP contribution in [0.4, 0.5) is 0 Å². The van der Waals surface area contributed by atoms with Gasteiger partial charge >= 0.3 is 0 Å². The van der Waals surface area contributed by atoms with Gasteiger partial charge < -0.3 is 109 Å². The molecule has 0 aromatic carbocycles. The molecule has 53 heavy (non-hydrogen) atoms.